The second kappa shape index (κ2) is 9.11. The van der Waals surface area contributed by atoms with Crippen LogP contribution in [0.3, 0.4) is 0 Å². The number of benzene rings is 3. The normalized spacial score (nSPS) is 10.3. The first-order valence-electron chi connectivity index (χ1n) is 8.43. The number of amides is 1. The van der Waals surface area contributed by atoms with Crippen molar-refractivity contribution in [1.29, 1.82) is 0 Å². The zero-order valence-corrected chi connectivity index (χ0v) is 15.5. The molecule has 0 heterocycles. The van der Waals surface area contributed by atoms with Gasteiger partial charge in [-0.1, -0.05) is 60.7 Å². The van der Waals surface area contributed by atoms with E-state index in [1.54, 1.807) is 7.11 Å². The lowest BCUT2D eigenvalue weighted by Gasteiger charge is -2.23. The monoisotopic (exact) mass is 363 g/mol. The van der Waals surface area contributed by atoms with Crippen LogP contribution in [0.15, 0.2) is 89.8 Å². The summed E-state index contributed by atoms with van der Waals surface area (Å²) >= 11 is 1.50. The number of ether oxygens (including phenoxy) is 1. The first kappa shape index (κ1) is 18.1. The van der Waals surface area contributed by atoms with Gasteiger partial charge < -0.3 is 9.64 Å². The van der Waals surface area contributed by atoms with Gasteiger partial charge in [0, 0.05) is 10.6 Å². The van der Waals surface area contributed by atoms with E-state index in [1.165, 1.54) is 11.8 Å². The summed E-state index contributed by atoms with van der Waals surface area (Å²) in [6.45, 7) is 0.552. The Balaban J connectivity index is 1.76. The minimum absolute atomic E-state index is 0.0657. The molecule has 3 aromatic rings. The topological polar surface area (TPSA) is 29.5 Å². The van der Waals surface area contributed by atoms with Crippen molar-refractivity contribution in [3.8, 4) is 5.75 Å². The molecule has 1 amide bonds. The summed E-state index contributed by atoms with van der Waals surface area (Å²) in [5.74, 6) is 1.21. The summed E-state index contributed by atoms with van der Waals surface area (Å²) < 4.78 is 5.37. The van der Waals surface area contributed by atoms with Crippen LogP contribution >= 0.6 is 11.8 Å². The van der Waals surface area contributed by atoms with Crippen LogP contribution in [-0.2, 0) is 11.3 Å². The molecule has 3 aromatic carbocycles. The number of hydrogen-bond donors (Lipinski definition) is 0. The Labute approximate surface area is 158 Å². The molecular weight excluding hydrogens is 342 g/mol. The summed E-state index contributed by atoms with van der Waals surface area (Å²) in [7, 11) is 1.65. The number of carbonyl (C=O) groups excluding carboxylic acids is 1. The zero-order valence-electron chi connectivity index (χ0n) is 14.7. The molecule has 0 fully saturated rings. The van der Waals surface area contributed by atoms with E-state index < -0.39 is 0 Å². The third kappa shape index (κ3) is 4.67. The Kier molecular flexibility index (Phi) is 6.34. The van der Waals surface area contributed by atoms with E-state index in [-0.39, 0.29) is 5.91 Å². The Hall–Kier alpha value is -2.72. The Bertz CT molecular complexity index is 837. The second-order valence-corrected chi connectivity index (χ2v) is 6.76. The van der Waals surface area contributed by atoms with Crippen LogP contribution in [0.2, 0.25) is 0 Å². The van der Waals surface area contributed by atoms with Crippen molar-refractivity contribution < 1.29 is 9.53 Å². The fourth-order valence-electron chi connectivity index (χ4n) is 2.65. The standard InChI is InChI=1S/C22H21NO2S/c1-25-20-14-8-9-15-21(20)26-17-22(24)23(19-12-6-3-7-13-19)16-18-10-4-2-5-11-18/h2-15H,16-17H2,1H3. The summed E-state index contributed by atoms with van der Waals surface area (Å²) in [5, 5.41) is 0. The fraction of sp³-hybridized carbons (Fsp3) is 0.136. The molecule has 0 saturated carbocycles. The van der Waals surface area contributed by atoms with Crippen molar-refractivity contribution in [1.82, 2.24) is 0 Å². The van der Waals surface area contributed by atoms with E-state index in [4.69, 9.17) is 4.74 Å². The second-order valence-electron chi connectivity index (χ2n) is 5.74. The molecule has 26 heavy (non-hydrogen) atoms. The van der Waals surface area contributed by atoms with Gasteiger partial charge in [0.2, 0.25) is 5.91 Å². The molecule has 0 saturated heterocycles. The van der Waals surface area contributed by atoms with Crippen LogP contribution in [0.25, 0.3) is 0 Å². The molecule has 132 valence electrons. The van der Waals surface area contributed by atoms with Crippen LogP contribution in [0.4, 0.5) is 5.69 Å². The maximum atomic E-state index is 13.0. The summed E-state index contributed by atoms with van der Waals surface area (Å²) in [5.41, 5.74) is 2.01. The first-order valence-corrected chi connectivity index (χ1v) is 9.41. The van der Waals surface area contributed by atoms with E-state index in [9.17, 15) is 4.79 Å². The average molecular weight is 363 g/mol. The number of methoxy groups -OCH3 is 1. The molecule has 0 spiro atoms. The molecule has 0 aliphatic rings. The fourth-order valence-corrected chi connectivity index (χ4v) is 3.56. The SMILES string of the molecule is COc1ccccc1SCC(=O)N(Cc1ccccc1)c1ccccc1. The molecule has 0 N–H and O–H groups in total. The molecule has 0 radical (unpaired) electrons. The van der Waals surface area contributed by atoms with Crippen LogP contribution < -0.4 is 9.64 Å². The number of nitrogens with zero attached hydrogens (tertiary/aromatic N) is 1. The number of rotatable bonds is 7. The number of hydrogen-bond acceptors (Lipinski definition) is 3. The Morgan fingerprint density at radius 2 is 1.50 bits per heavy atom. The molecule has 3 nitrogen and oxygen atoms in total. The molecule has 0 aromatic heterocycles. The van der Waals surface area contributed by atoms with Gasteiger partial charge in [-0.2, -0.15) is 0 Å². The molecular formula is C22H21NO2S. The quantitative estimate of drug-likeness (QED) is 0.552. The van der Waals surface area contributed by atoms with Crippen molar-refractivity contribution in [2.45, 2.75) is 11.4 Å². The lowest BCUT2D eigenvalue weighted by Crippen LogP contribution is -2.31. The van der Waals surface area contributed by atoms with Gasteiger partial charge in [-0.3, -0.25) is 4.79 Å². The minimum Gasteiger partial charge on any atom is -0.496 e. The van der Waals surface area contributed by atoms with E-state index in [2.05, 4.69) is 0 Å². The van der Waals surface area contributed by atoms with Gasteiger partial charge in [0.1, 0.15) is 5.75 Å². The largest absolute Gasteiger partial charge is 0.496 e. The van der Waals surface area contributed by atoms with E-state index in [0.29, 0.717) is 12.3 Å². The number of thioether (sulfide) groups is 1. The highest BCUT2D eigenvalue weighted by Gasteiger charge is 2.17. The number of para-hydroxylation sites is 2. The van der Waals surface area contributed by atoms with E-state index in [0.717, 1.165) is 21.9 Å². The molecule has 0 bridgehead atoms. The molecule has 0 unspecified atom stereocenters. The predicted molar refractivity (Wildman–Crippen MR) is 108 cm³/mol. The van der Waals surface area contributed by atoms with Gasteiger partial charge in [0.05, 0.1) is 19.4 Å². The maximum absolute atomic E-state index is 13.0. The lowest BCUT2D eigenvalue weighted by atomic mass is 10.2. The number of carbonyl (C=O) groups is 1. The van der Waals surface area contributed by atoms with Crippen molar-refractivity contribution >= 4 is 23.4 Å². The van der Waals surface area contributed by atoms with Crippen molar-refractivity contribution in [2.75, 3.05) is 17.8 Å². The van der Waals surface area contributed by atoms with Gasteiger partial charge in [0.25, 0.3) is 0 Å². The first-order chi connectivity index (χ1) is 12.8. The number of anilines is 1. The van der Waals surface area contributed by atoms with Crippen LogP contribution in [0.1, 0.15) is 5.56 Å². The van der Waals surface area contributed by atoms with Gasteiger partial charge in [0.15, 0.2) is 0 Å². The highest BCUT2D eigenvalue weighted by Crippen LogP contribution is 2.29. The zero-order chi connectivity index (χ0) is 18.2. The van der Waals surface area contributed by atoms with Gasteiger partial charge in [-0.25, -0.2) is 0 Å². The third-order valence-corrected chi connectivity index (χ3v) is 5.01. The van der Waals surface area contributed by atoms with Gasteiger partial charge >= 0.3 is 0 Å². The maximum Gasteiger partial charge on any atom is 0.237 e. The van der Waals surface area contributed by atoms with Crippen molar-refractivity contribution in [2.24, 2.45) is 0 Å². The van der Waals surface area contributed by atoms with E-state index >= 15 is 0 Å². The molecule has 0 aliphatic carbocycles. The summed E-state index contributed by atoms with van der Waals surface area (Å²) in [4.78, 5) is 15.8. The molecule has 0 aliphatic heterocycles. The highest BCUT2D eigenvalue weighted by atomic mass is 32.2. The smallest absolute Gasteiger partial charge is 0.237 e. The minimum atomic E-state index is 0.0657. The van der Waals surface area contributed by atoms with E-state index in [1.807, 2.05) is 89.8 Å². The van der Waals surface area contributed by atoms with Crippen LogP contribution in [-0.4, -0.2) is 18.8 Å². The predicted octanol–water partition coefficient (Wildman–Crippen LogP) is 5.02. The molecule has 4 heteroatoms. The summed E-state index contributed by atoms with van der Waals surface area (Å²) in [6.07, 6.45) is 0. The molecule has 3 rings (SSSR count). The van der Waals surface area contributed by atoms with Crippen LogP contribution in [0, 0.1) is 0 Å². The summed E-state index contributed by atoms with van der Waals surface area (Å²) in [6, 6.07) is 27.6. The van der Waals surface area contributed by atoms with Gasteiger partial charge in [-0.15, -0.1) is 11.8 Å². The van der Waals surface area contributed by atoms with Gasteiger partial charge in [-0.05, 0) is 29.8 Å². The van der Waals surface area contributed by atoms with Crippen molar-refractivity contribution in [3.63, 3.8) is 0 Å². The lowest BCUT2D eigenvalue weighted by molar-refractivity contribution is -0.116. The Morgan fingerprint density at radius 3 is 2.19 bits per heavy atom. The molecule has 0 atom stereocenters. The van der Waals surface area contributed by atoms with Crippen LogP contribution in [0.5, 0.6) is 5.75 Å². The average Bonchev–Trinajstić information content (AvgIpc) is 2.72. The van der Waals surface area contributed by atoms with Crippen molar-refractivity contribution in [3.05, 3.63) is 90.5 Å². The highest BCUT2D eigenvalue weighted by molar-refractivity contribution is 8.00. The Morgan fingerprint density at radius 1 is 0.885 bits per heavy atom. The third-order valence-electron chi connectivity index (χ3n) is 3.97.